The van der Waals surface area contributed by atoms with Crippen LogP contribution in [0.2, 0.25) is 0 Å². The first-order chi connectivity index (χ1) is 12.3. The van der Waals surface area contributed by atoms with Crippen molar-refractivity contribution < 1.29 is 10.2 Å². The minimum Gasteiger partial charge on any atom is -0.507 e. The van der Waals surface area contributed by atoms with Crippen molar-refractivity contribution in [2.75, 3.05) is 0 Å². The van der Waals surface area contributed by atoms with E-state index in [9.17, 15) is 10.2 Å². The molecule has 0 spiro atoms. The van der Waals surface area contributed by atoms with Crippen molar-refractivity contribution in [3.05, 3.63) is 59.7 Å². The zero-order chi connectivity index (χ0) is 18.8. The van der Waals surface area contributed by atoms with Crippen LogP contribution in [-0.2, 0) is 0 Å². The average Bonchev–Trinajstić information content (AvgIpc) is 2.84. The van der Waals surface area contributed by atoms with Crippen LogP contribution in [0.5, 0.6) is 11.5 Å². The summed E-state index contributed by atoms with van der Waals surface area (Å²) in [6.07, 6.45) is 5.39. The second-order valence-corrected chi connectivity index (χ2v) is 7.70. The van der Waals surface area contributed by atoms with Crippen LogP contribution in [0.15, 0.2) is 58.5 Å². The Morgan fingerprint density at radius 1 is 0.885 bits per heavy atom. The Hall–Kier alpha value is -2.62. The smallest absolute Gasteiger partial charge is 0.124 e. The summed E-state index contributed by atoms with van der Waals surface area (Å²) >= 11 is 0. The number of phenolic OH excluding ortho intramolecular Hbond substituents is 2. The molecule has 1 aliphatic rings. The Kier molecular flexibility index (Phi) is 4.86. The molecule has 2 aromatic rings. The zero-order valence-corrected chi connectivity index (χ0v) is 15.6. The summed E-state index contributed by atoms with van der Waals surface area (Å²) in [7, 11) is 0. The van der Waals surface area contributed by atoms with Crippen LogP contribution in [0.4, 0.5) is 0 Å². The second kappa shape index (κ2) is 6.94. The van der Waals surface area contributed by atoms with Crippen LogP contribution in [0.1, 0.15) is 44.7 Å². The van der Waals surface area contributed by atoms with Gasteiger partial charge in [0.05, 0.1) is 11.6 Å². The number of benzene rings is 2. The molecule has 1 saturated carbocycles. The van der Waals surface area contributed by atoms with Gasteiger partial charge in [-0.3, -0.25) is 9.98 Å². The lowest BCUT2D eigenvalue weighted by atomic mass is 9.74. The van der Waals surface area contributed by atoms with Gasteiger partial charge in [0.15, 0.2) is 0 Å². The number of hydrogen-bond donors (Lipinski definition) is 2. The highest BCUT2D eigenvalue weighted by Crippen LogP contribution is 2.50. The molecule has 0 aromatic heterocycles. The molecule has 3 rings (SSSR count). The van der Waals surface area contributed by atoms with Crippen LogP contribution in [0.3, 0.4) is 0 Å². The molecule has 1 aliphatic carbocycles. The number of nitrogens with zero attached hydrogens (tertiary/aromatic N) is 2. The van der Waals surface area contributed by atoms with Gasteiger partial charge in [0.25, 0.3) is 0 Å². The topological polar surface area (TPSA) is 65.2 Å². The second-order valence-electron chi connectivity index (χ2n) is 7.70. The van der Waals surface area contributed by atoms with E-state index in [1.807, 2.05) is 24.3 Å². The van der Waals surface area contributed by atoms with Gasteiger partial charge in [-0.1, -0.05) is 38.1 Å². The minimum atomic E-state index is -0.268. The van der Waals surface area contributed by atoms with Crippen molar-refractivity contribution in [3.63, 3.8) is 0 Å². The van der Waals surface area contributed by atoms with E-state index in [2.05, 4.69) is 20.8 Å². The van der Waals surface area contributed by atoms with E-state index in [-0.39, 0.29) is 28.5 Å². The van der Waals surface area contributed by atoms with E-state index < -0.39 is 0 Å². The highest BCUT2D eigenvalue weighted by Gasteiger charge is 2.51. The van der Waals surface area contributed by atoms with Crippen molar-refractivity contribution in [2.45, 2.75) is 45.2 Å². The lowest BCUT2D eigenvalue weighted by molar-refractivity contribution is 0.211. The first-order valence-electron chi connectivity index (χ1n) is 8.98. The van der Waals surface area contributed by atoms with Gasteiger partial charge in [-0.05, 0) is 44.0 Å². The largest absolute Gasteiger partial charge is 0.507 e. The molecular weight excluding hydrogens is 324 g/mol. The summed E-state index contributed by atoms with van der Waals surface area (Å²) in [5, 5.41) is 19.9. The maximum atomic E-state index is 9.95. The molecular formula is C22H26N2O2. The Bertz CT molecular complexity index is 842. The van der Waals surface area contributed by atoms with Crippen molar-refractivity contribution >= 4 is 12.4 Å². The molecule has 0 saturated heterocycles. The molecule has 0 heterocycles. The lowest BCUT2D eigenvalue weighted by Crippen LogP contribution is -2.40. The molecule has 26 heavy (non-hydrogen) atoms. The van der Waals surface area contributed by atoms with Gasteiger partial charge in [-0.15, -0.1) is 0 Å². The summed E-state index contributed by atoms with van der Waals surface area (Å²) in [5.41, 5.74) is 1.05. The molecule has 4 nitrogen and oxygen atoms in total. The van der Waals surface area contributed by atoms with Crippen molar-refractivity contribution in [3.8, 4) is 11.5 Å². The lowest BCUT2D eigenvalue weighted by Gasteiger charge is -2.37. The number of aliphatic imine (C=N–C) groups is 2. The van der Waals surface area contributed by atoms with Gasteiger partial charge in [0.2, 0.25) is 0 Å². The maximum absolute atomic E-state index is 9.95. The minimum absolute atomic E-state index is 0.119. The van der Waals surface area contributed by atoms with Crippen molar-refractivity contribution in [2.24, 2.45) is 15.4 Å². The normalized spacial score (nSPS) is 25.3. The number of hydrogen-bond acceptors (Lipinski definition) is 4. The highest BCUT2D eigenvalue weighted by molar-refractivity contribution is 5.84. The molecule has 0 radical (unpaired) electrons. The van der Waals surface area contributed by atoms with Crippen molar-refractivity contribution in [1.29, 1.82) is 0 Å². The van der Waals surface area contributed by atoms with E-state index in [1.165, 1.54) is 0 Å². The van der Waals surface area contributed by atoms with Gasteiger partial charge in [-0.2, -0.15) is 0 Å². The maximum Gasteiger partial charge on any atom is 0.124 e. The van der Waals surface area contributed by atoms with Crippen LogP contribution < -0.4 is 0 Å². The summed E-state index contributed by atoms with van der Waals surface area (Å²) < 4.78 is 0. The van der Waals surface area contributed by atoms with Gasteiger partial charge in [0.1, 0.15) is 11.5 Å². The molecule has 2 atom stereocenters. The van der Waals surface area contributed by atoms with E-state index in [0.29, 0.717) is 0 Å². The summed E-state index contributed by atoms with van der Waals surface area (Å²) in [6, 6.07) is 14.6. The summed E-state index contributed by atoms with van der Waals surface area (Å²) in [4.78, 5) is 9.62. The third kappa shape index (κ3) is 3.36. The zero-order valence-electron chi connectivity index (χ0n) is 15.6. The number of aromatic hydroxyl groups is 2. The van der Waals surface area contributed by atoms with E-state index in [0.717, 1.165) is 24.0 Å². The summed E-state index contributed by atoms with van der Waals surface area (Å²) in [6.45, 7) is 6.53. The van der Waals surface area contributed by atoms with E-state index in [4.69, 9.17) is 9.98 Å². The third-order valence-electron chi connectivity index (χ3n) is 5.88. The van der Waals surface area contributed by atoms with E-state index >= 15 is 0 Å². The quantitative estimate of drug-likeness (QED) is 0.793. The van der Waals surface area contributed by atoms with Gasteiger partial charge >= 0.3 is 0 Å². The third-order valence-corrected chi connectivity index (χ3v) is 5.88. The Balaban J connectivity index is 1.81. The number of rotatable bonds is 4. The fourth-order valence-corrected chi connectivity index (χ4v) is 3.53. The monoisotopic (exact) mass is 350 g/mol. The molecule has 0 aliphatic heterocycles. The molecule has 136 valence electrons. The molecule has 2 aromatic carbocycles. The average molecular weight is 350 g/mol. The molecule has 4 heteroatoms. The molecule has 2 N–H and O–H groups in total. The van der Waals surface area contributed by atoms with Gasteiger partial charge < -0.3 is 10.2 Å². The van der Waals surface area contributed by atoms with Crippen LogP contribution >= 0.6 is 0 Å². The first-order valence-corrected chi connectivity index (χ1v) is 8.98. The number of phenols is 2. The van der Waals surface area contributed by atoms with Gasteiger partial charge in [-0.25, -0.2) is 0 Å². The molecule has 0 bridgehead atoms. The van der Waals surface area contributed by atoms with Gasteiger partial charge in [0, 0.05) is 29.0 Å². The molecule has 1 fully saturated rings. The van der Waals surface area contributed by atoms with E-state index in [1.54, 1.807) is 36.7 Å². The molecule has 0 amide bonds. The fraction of sp³-hybridized carbons (Fsp3) is 0.364. The first kappa shape index (κ1) is 18.2. The van der Waals surface area contributed by atoms with Crippen molar-refractivity contribution in [1.82, 2.24) is 0 Å². The molecule has 0 unspecified atom stereocenters. The SMILES string of the molecule is CC1(C)[C@@H](N=Cc2ccccc2O)CC[C@@]1(C)N=Cc1ccccc1O. The Morgan fingerprint density at radius 3 is 2.00 bits per heavy atom. The van der Waals surface area contributed by atoms with Crippen LogP contribution in [-0.4, -0.2) is 34.2 Å². The Morgan fingerprint density at radius 2 is 1.42 bits per heavy atom. The fourth-order valence-electron chi connectivity index (χ4n) is 3.53. The highest BCUT2D eigenvalue weighted by atomic mass is 16.3. The standard InChI is InChI=1S/C22H26N2O2/c1-21(2)20(23-14-16-8-4-6-10-18(16)25)12-13-22(21,3)24-15-17-9-5-7-11-19(17)26/h4-11,14-15,20,25-26H,12-13H2,1-3H3/t20-,22+/m0/s1. The predicted octanol–water partition coefficient (Wildman–Crippen LogP) is 4.58. The summed E-state index contributed by atoms with van der Waals surface area (Å²) in [5.74, 6) is 0.483. The Labute approximate surface area is 155 Å². The predicted molar refractivity (Wildman–Crippen MR) is 107 cm³/mol. The number of para-hydroxylation sites is 2. The van der Waals surface area contributed by atoms with Crippen LogP contribution in [0.25, 0.3) is 0 Å². The van der Waals surface area contributed by atoms with Crippen LogP contribution in [0, 0.1) is 5.41 Å².